The van der Waals surface area contributed by atoms with Crippen LogP contribution in [0.2, 0.25) is 0 Å². The van der Waals surface area contributed by atoms with E-state index < -0.39 is 0 Å². The van der Waals surface area contributed by atoms with E-state index in [1.54, 1.807) is 18.3 Å². The van der Waals surface area contributed by atoms with E-state index in [9.17, 15) is 4.79 Å². The molecule has 1 unspecified atom stereocenters. The molecule has 1 amide bonds. The first kappa shape index (κ1) is 21.2. The molecule has 0 radical (unpaired) electrons. The Bertz CT molecular complexity index is 527. The molecule has 0 aromatic carbocycles. The molecule has 1 aliphatic heterocycles. The summed E-state index contributed by atoms with van der Waals surface area (Å²) in [6, 6.07) is 2.49. The molecule has 1 aromatic rings. The minimum atomic E-state index is 0. The van der Waals surface area contributed by atoms with Crippen molar-refractivity contribution in [3.8, 4) is 0 Å². The highest BCUT2D eigenvalue weighted by molar-refractivity contribution is 14.0. The Hall–Kier alpha value is -0.870. The Morgan fingerprint density at radius 2 is 1.96 bits per heavy atom. The molecule has 0 aliphatic carbocycles. The van der Waals surface area contributed by atoms with E-state index in [2.05, 4.69) is 51.0 Å². The molecular formula is C16H28IN5OS. The van der Waals surface area contributed by atoms with Gasteiger partial charge in [-0.05, 0) is 36.5 Å². The van der Waals surface area contributed by atoms with E-state index in [-0.39, 0.29) is 29.9 Å². The first-order valence-electron chi connectivity index (χ1n) is 7.92. The molecule has 1 N–H and O–H groups in total. The molecular weight excluding hydrogens is 437 g/mol. The van der Waals surface area contributed by atoms with Crippen molar-refractivity contribution in [2.75, 3.05) is 53.9 Å². The van der Waals surface area contributed by atoms with Crippen LogP contribution >= 0.6 is 35.3 Å². The zero-order valence-corrected chi connectivity index (χ0v) is 18.0. The molecule has 0 bridgehead atoms. The average molecular weight is 465 g/mol. The second-order valence-corrected chi connectivity index (χ2v) is 6.74. The molecule has 0 spiro atoms. The van der Waals surface area contributed by atoms with Crippen LogP contribution in [0.4, 0.5) is 0 Å². The normalized spacial score (nSPS) is 16.8. The molecule has 2 rings (SSSR count). The standard InChI is InChI=1S/C16H27N5OS.HI/c1-13(22)20-6-8-21(9-7-20)16(17-2)18-11-15(19(3)4)14-5-10-23-12-14;/h5,10,12,15H,6-9,11H2,1-4H3,(H,17,18);1H. The zero-order valence-electron chi connectivity index (χ0n) is 14.9. The minimum Gasteiger partial charge on any atom is -0.354 e. The van der Waals surface area contributed by atoms with Crippen LogP contribution in [0.25, 0.3) is 0 Å². The van der Waals surface area contributed by atoms with Crippen LogP contribution in [0.5, 0.6) is 0 Å². The summed E-state index contributed by atoms with van der Waals surface area (Å²) in [6.45, 7) is 5.61. The second-order valence-electron chi connectivity index (χ2n) is 5.96. The van der Waals surface area contributed by atoms with Crippen molar-refractivity contribution in [3.63, 3.8) is 0 Å². The van der Waals surface area contributed by atoms with Gasteiger partial charge in [0.1, 0.15) is 0 Å². The summed E-state index contributed by atoms with van der Waals surface area (Å²) in [6.07, 6.45) is 0. The molecule has 8 heteroatoms. The monoisotopic (exact) mass is 465 g/mol. The molecule has 0 saturated carbocycles. The molecule has 24 heavy (non-hydrogen) atoms. The lowest BCUT2D eigenvalue weighted by molar-refractivity contribution is -0.130. The number of halogens is 1. The Kier molecular flexibility index (Phi) is 8.99. The first-order valence-corrected chi connectivity index (χ1v) is 8.87. The van der Waals surface area contributed by atoms with Crippen LogP contribution in [-0.4, -0.2) is 80.4 Å². The quantitative estimate of drug-likeness (QED) is 0.418. The molecule has 6 nitrogen and oxygen atoms in total. The van der Waals surface area contributed by atoms with Gasteiger partial charge in [-0.3, -0.25) is 9.79 Å². The summed E-state index contributed by atoms with van der Waals surface area (Å²) in [4.78, 5) is 22.2. The lowest BCUT2D eigenvalue weighted by atomic mass is 10.1. The summed E-state index contributed by atoms with van der Waals surface area (Å²) in [5.74, 6) is 1.06. The lowest BCUT2D eigenvalue weighted by Crippen LogP contribution is -2.54. The Morgan fingerprint density at radius 3 is 2.42 bits per heavy atom. The largest absolute Gasteiger partial charge is 0.354 e. The maximum absolute atomic E-state index is 11.4. The fraction of sp³-hybridized carbons (Fsp3) is 0.625. The van der Waals surface area contributed by atoms with Gasteiger partial charge in [0.2, 0.25) is 5.91 Å². The number of guanidine groups is 1. The van der Waals surface area contributed by atoms with E-state index in [0.717, 1.165) is 38.7 Å². The van der Waals surface area contributed by atoms with Gasteiger partial charge in [-0.1, -0.05) is 0 Å². The number of thiophene rings is 1. The number of hydrogen-bond acceptors (Lipinski definition) is 4. The van der Waals surface area contributed by atoms with Crippen molar-refractivity contribution in [2.45, 2.75) is 13.0 Å². The topological polar surface area (TPSA) is 51.2 Å². The number of piperazine rings is 1. The second kappa shape index (κ2) is 10.2. The number of carbonyl (C=O) groups excluding carboxylic acids is 1. The van der Waals surface area contributed by atoms with Crippen molar-refractivity contribution >= 4 is 47.2 Å². The number of nitrogens with zero attached hydrogens (tertiary/aromatic N) is 4. The van der Waals surface area contributed by atoms with Gasteiger partial charge in [0.25, 0.3) is 0 Å². The Morgan fingerprint density at radius 1 is 1.33 bits per heavy atom. The third-order valence-corrected chi connectivity index (χ3v) is 4.94. The highest BCUT2D eigenvalue weighted by Crippen LogP contribution is 2.20. The summed E-state index contributed by atoms with van der Waals surface area (Å²) in [5.41, 5.74) is 1.32. The predicted molar refractivity (Wildman–Crippen MR) is 111 cm³/mol. The van der Waals surface area contributed by atoms with Gasteiger partial charge in [0.05, 0.1) is 6.04 Å². The lowest BCUT2D eigenvalue weighted by Gasteiger charge is -2.36. The fourth-order valence-corrected chi connectivity index (χ4v) is 3.52. The number of amides is 1. The average Bonchev–Trinajstić information content (AvgIpc) is 3.05. The third kappa shape index (κ3) is 5.59. The molecule has 2 heterocycles. The van der Waals surface area contributed by atoms with E-state index in [0.29, 0.717) is 6.04 Å². The van der Waals surface area contributed by atoms with Gasteiger partial charge in [0.15, 0.2) is 5.96 Å². The molecule has 1 atom stereocenters. The number of rotatable bonds is 4. The number of carbonyl (C=O) groups is 1. The molecule has 1 aromatic heterocycles. The van der Waals surface area contributed by atoms with Crippen LogP contribution in [0.1, 0.15) is 18.5 Å². The highest BCUT2D eigenvalue weighted by Gasteiger charge is 2.22. The molecule has 1 aliphatic rings. The first-order chi connectivity index (χ1) is 11.0. The van der Waals surface area contributed by atoms with Gasteiger partial charge < -0.3 is 20.0 Å². The maximum atomic E-state index is 11.4. The Labute approximate surface area is 165 Å². The number of hydrogen-bond donors (Lipinski definition) is 1. The minimum absolute atomic E-state index is 0. The highest BCUT2D eigenvalue weighted by atomic mass is 127. The summed E-state index contributed by atoms with van der Waals surface area (Å²) in [7, 11) is 6.01. The van der Waals surface area contributed by atoms with Crippen molar-refractivity contribution in [2.24, 2.45) is 4.99 Å². The zero-order chi connectivity index (χ0) is 16.8. The number of likely N-dealkylation sites (N-methyl/N-ethyl adjacent to an activating group) is 1. The Balaban J connectivity index is 0.00000288. The molecule has 1 fully saturated rings. The van der Waals surface area contributed by atoms with Crippen LogP contribution < -0.4 is 5.32 Å². The van der Waals surface area contributed by atoms with Crippen LogP contribution in [0, 0.1) is 0 Å². The van der Waals surface area contributed by atoms with E-state index in [4.69, 9.17) is 0 Å². The number of aliphatic imine (C=N–C) groups is 1. The van der Waals surface area contributed by atoms with Gasteiger partial charge in [0, 0.05) is 46.7 Å². The summed E-state index contributed by atoms with van der Waals surface area (Å²) >= 11 is 1.72. The predicted octanol–water partition coefficient (Wildman–Crippen LogP) is 1.71. The number of nitrogens with one attached hydrogen (secondary N) is 1. The summed E-state index contributed by atoms with van der Waals surface area (Å²) in [5, 5.41) is 7.80. The van der Waals surface area contributed by atoms with Crippen molar-refractivity contribution in [1.29, 1.82) is 0 Å². The fourth-order valence-electron chi connectivity index (χ4n) is 2.82. The van der Waals surface area contributed by atoms with Gasteiger partial charge in [-0.2, -0.15) is 11.3 Å². The van der Waals surface area contributed by atoms with Crippen molar-refractivity contribution in [3.05, 3.63) is 22.4 Å². The van der Waals surface area contributed by atoms with E-state index in [1.807, 2.05) is 11.9 Å². The van der Waals surface area contributed by atoms with Crippen molar-refractivity contribution in [1.82, 2.24) is 20.0 Å². The molecule has 1 saturated heterocycles. The van der Waals surface area contributed by atoms with Gasteiger partial charge in [-0.25, -0.2) is 0 Å². The van der Waals surface area contributed by atoms with E-state index in [1.165, 1.54) is 5.56 Å². The third-order valence-electron chi connectivity index (χ3n) is 4.24. The van der Waals surface area contributed by atoms with Gasteiger partial charge >= 0.3 is 0 Å². The SMILES string of the molecule is CN=C(NCC(c1ccsc1)N(C)C)N1CCN(C(C)=O)CC1.I. The van der Waals surface area contributed by atoms with Crippen molar-refractivity contribution < 1.29 is 4.79 Å². The van der Waals surface area contributed by atoms with Crippen LogP contribution in [0.15, 0.2) is 21.8 Å². The van der Waals surface area contributed by atoms with Crippen LogP contribution in [0.3, 0.4) is 0 Å². The smallest absolute Gasteiger partial charge is 0.219 e. The molecule has 136 valence electrons. The maximum Gasteiger partial charge on any atom is 0.219 e. The van der Waals surface area contributed by atoms with Crippen LogP contribution in [-0.2, 0) is 4.79 Å². The van der Waals surface area contributed by atoms with E-state index >= 15 is 0 Å². The summed E-state index contributed by atoms with van der Waals surface area (Å²) < 4.78 is 0. The van der Waals surface area contributed by atoms with Gasteiger partial charge in [-0.15, -0.1) is 24.0 Å².